The van der Waals surface area contributed by atoms with Crippen molar-refractivity contribution in [2.75, 3.05) is 0 Å². The zero-order chi connectivity index (χ0) is 18.9. The molecule has 5 nitrogen and oxygen atoms in total. The molecule has 4 rings (SSSR count). The van der Waals surface area contributed by atoms with E-state index in [1.807, 2.05) is 49.4 Å². The van der Waals surface area contributed by atoms with Crippen molar-refractivity contribution < 1.29 is 8.42 Å². The van der Waals surface area contributed by atoms with Gasteiger partial charge in [-0.25, -0.2) is 22.4 Å². The quantitative estimate of drug-likeness (QED) is 0.538. The van der Waals surface area contributed by atoms with E-state index in [1.54, 1.807) is 36.5 Å². The second-order valence-corrected chi connectivity index (χ2v) is 7.99. The molecule has 0 radical (unpaired) electrons. The molecule has 0 amide bonds. The minimum Gasteiger partial charge on any atom is -0.243 e. The fraction of sp³-hybridized carbons (Fsp3) is 0.0476. The normalized spacial score (nSPS) is 12.0. The number of benzene rings is 2. The lowest BCUT2D eigenvalue weighted by molar-refractivity contribution is 0.588. The van der Waals surface area contributed by atoms with Crippen molar-refractivity contribution in [3.63, 3.8) is 0 Å². The number of rotatable bonds is 4. The first kappa shape index (κ1) is 17.2. The lowest BCUT2D eigenvalue weighted by Gasteiger charge is -2.07. The van der Waals surface area contributed by atoms with E-state index < -0.39 is 10.0 Å². The largest absolute Gasteiger partial charge is 0.269 e. The van der Waals surface area contributed by atoms with E-state index in [0.717, 1.165) is 11.1 Å². The van der Waals surface area contributed by atoms with Gasteiger partial charge in [-0.2, -0.15) is 0 Å². The summed E-state index contributed by atoms with van der Waals surface area (Å²) in [6.07, 6.45) is 6.86. The predicted octanol–water partition coefficient (Wildman–Crippen LogP) is 4.15. The predicted molar refractivity (Wildman–Crippen MR) is 107 cm³/mol. The van der Waals surface area contributed by atoms with Gasteiger partial charge in [0.1, 0.15) is 5.52 Å². The standard InChI is InChI=1S/C21H17N3O2S/c1-16-7-11-19(12-8-16)27(25,26)24-14-13-20-21(24)22-15-18(23-20)10-9-17-5-3-2-4-6-17/h2-15H,1H3/b10-9+. The Morgan fingerprint density at radius 2 is 1.67 bits per heavy atom. The molecule has 0 unspecified atom stereocenters. The van der Waals surface area contributed by atoms with Gasteiger partial charge in [-0.15, -0.1) is 0 Å². The summed E-state index contributed by atoms with van der Waals surface area (Å²) in [5.41, 5.74) is 3.56. The van der Waals surface area contributed by atoms with Gasteiger partial charge in [-0.3, -0.25) is 0 Å². The fourth-order valence-electron chi connectivity index (χ4n) is 2.75. The molecule has 0 bridgehead atoms. The van der Waals surface area contributed by atoms with E-state index in [1.165, 1.54) is 10.2 Å². The molecule has 0 saturated carbocycles. The number of aryl methyl sites for hydroxylation is 1. The van der Waals surface area contributed by atoms with E-state index in [4.69, 9.17) is 0 Å². The molecule has 0 aliphatic heterocycles. The highest BCUT2D eigenvalue weighted by molar-refractivity contribution is 7.90. The van der Waals surface area contributed by atoms with Crippen LogP contribution in [0.25, 0.3) is 23.3 Å². The van der Waals surface area contributed by atoms with Crippen LogP contribution < -0.4 is 0 Å². The van der Waals surface area contributed by atoms with Gasteiger partial charge >= 0.3 is 0 Å². The molecule has 2 heterocycles. The lowest BCUT2D eigenvalue weighted by atomic mass is 10.2. The molecule has 6 heteroatoms. The van der Waals surface area contributed by atoms with E-state index in [9.17, 15) is 8.42 Å². The van der Waals surface area contributed by atoms with Gasteiger partial charge in [0.05, 0.1) is 16.8 Å². The van der Waals surface area contributed by atoms with Crippen molar-refractivity contribution in [3.05, 3.63) is 89.9 Å². The average molecular weight is 375 g/mol. The maximum Gasteiger partial charge on any atom is 0.269 e. The minimum absolute atomic E-state index is 0.223. The smallest absolute Gasteiger partial charge is 0.243 e. The van der Waals surface area contributed by atoms with Crippen LogP contribution in [0, 0.1) is 6.92 Å². The van der Waals surface area contributed by atoms with Crippen LogP contribution in [-0.4, -0.2) is 22.4 Å². The van der Waals surface area contributed by atoms with E-state index in [-0.39, 0.29) is 4.90 Å². The Labute approximate surface area is 157 Å². The topological polar surface area (TPSA) is 64.8 Å². The van der Waals surface area contributed by atoms with Crippen molar-refractivity contribution in [2.24, 2.45) is 0 Å². The highest BCUT2D eigenvalue weighted by Gasteiger charge is 2.20. The van der Waals surface area contributed by atoms with E-state index >= 15 is 0 Å². The van der Waals surface area contributed by atoms with Gasteiger partial charge in [0.15, 0.2) is 5.65 Å². The van der Waals surface area contributed by atoms with Crippen molar-refractivity contribution in [3.8, 4) is 0 Å². The third kappa shape index (κ3) is 3.39. The Morgan fingerprint density at radius 1 is 0.926 bits per heavy atom. The Balaban J connectivity index is 1.70. The molecular weight excluding hydrogens is 358 g/mol. The average Bonchev–Trinajstić information content (AvgIpc) is 3.11. The number of hydrogen-bond donors (Lipinski definition) is 0. The van der Waals surface area contributed by atoms with Gasteiger partial charge in [0, 0.05) is 6.20 Å². The summed E-state index contributed by atoms with van der Waals surface area (Å²) in [5, 5.41) is 0. The zero-order valence-corrected chi connectivity index (χ0v) is 15.5. The Hall–Kier alpha value is -3.25. The van der Waals surface area contributed by atoms with Crippen molar-refractivity contribution in [2.45, 2.75) is 11.8 Å². The molecule has 0 aliphatic rings. The lowest BCUT2D eigenvalue weighted by Crippen LogP contribution is -2.12. The van der Waals surface area contributed by atoms with Gasteiger partial charge in [0.2, 0.25) is 0 Å². The number of nitrogens with zero attached hydrogens (tertiary/aromatic N) is 3. The van der Waals surface area contributed by atoms with Crippen LogP contribution >= 0.6 is 0 Å². The summed E-state index contributed by atoms with van der Waals surface area (Å²) in [6, 6.07) is 18.3. The highest BCUT2D eigenvalue weighted by Crippen LogP contribution is 2.20. The first-order valence-corrected chi connectivity index (χ1v) is 9.87. The van der Waals surface area contributed by atoms with E-state index in [2.05, 4.69) is 9.97 Å². The molecule has 0 aliphatic carbocycles. The molecule has 0 atom stereocenters. The molecule has 0 saturated heterocycles. The highest BCUT2D eigenvalue weighted by atomic mass is 32.2. The van der Waals surface area contributed by atoms with Crippen LogP contribution in [0.15, 0.2) is 78.0 Å². The summed E-state index contributed by atoms with van der Waals surface area (Å²) in [4.78, 5) is 9.05. The van der Waals surface area contributed by atoms with Crippen LogP contribution in [0.2, 0.25) is 0 Å². The van der Waals surface area contributed by atoms with Gasteiger partial charge < -0.3 is 0 Å². The first-order valence-electron chi connectivity index (χ1n) is 8.43. The molecule has 2 aromatic heterocycles. The molecule has 134 valence electrons. The van der Waals surface area contributed by atoms with Crippen LogP contribution in [-0.2, 0) is 10.0 Å². The first-order chi connectivity index (χ1) is 13.0. The monoisotopic (exact) mass is 375 g/mol. The summed E-state index contributed by atoms with van der Waals surface area (Å²) in [5.74, 6) is 0. The van der Waals surface area contributed by atoms with Crippen LogP contribution in [0.3, 0.4) is 0 Å². The Morgan fingerprint density at radius 3 is 2.41 bits per heavy atom. The summed E-state index contributed by atoms with van der Waals surface area (Å²) in [6.45, 7) is 1.91. The fourth-order valence-corrected chi connectivity index (χ4v) is 4.04. The van der Waals surface area contributed by atoms with Crippen LogP contribution in [0.4, 0.5) is 0 Å². The van der Waals surface area contributed by atoms with Crippen LogP contribution in [0.1, 0.15) is 16.8 Å². The maximum atomic E-state index is 12.9. The minimum atomic E-state index is -3.71. The van der Waals surface area contributed by atoms with Gasteiger partial charge in [0.25, 0.3) is 10.0 Å². The third-order valence-corrected chi connectivity index (χ3v) is 5.88. The van der Waals surface area contributed by atoms with Crippen molar-refractivity contribution in [1.29, 1.82) is 0 Å². The summed E-state index contributed by atoms with van der Waals surface area (Å²) in [7, 11) is -3.71. The molecule has 0 fully saturated rings. The number of aromatic nitrogens is 3. The second-order valence-electron chi connectivity index (χ2n) is 6.18. The second kappa shape index (κ2) is 6.81. The summed E-state index contributed by atoms with van der Waals surface area (Å²) >= 11 is 0. The molecule has 27 heavy (non-hydrogen) atoms. The molecule has 0 N–H and O–H groups in total. The molecule has 0 spiro atoms. The van der Waals surface area contributed by atoms with Crippen molar-refractivity contribution >= 4 is 33.3 Å². The van der Waals surface area contributed by atoms with Crippen LogP contribution in [0.5, 0.6) is 0 Å². The third-order valence-electron chi connectivity index (χ3n) is 4.20. The van der Waals surface area contributed by atoms with Gasteiger partial charge in [-0.05, 0) is 36.8 Å². The van der Waals surface area contributed by atoms with Crippen molar-refractivity contribution in [1.82, 2.24) is 13.9 Å². The summed E-state index contributed by atoms with van der Waals surface area (Å²) < 4.78 is 27.0. The Bertz CT molecular complexity index is 1230. The number of fused-ring (bicyclic) bond motifs is 1. The number of hydrogen-bond acceptors (Lipinski definition) is 4. The van der Waals surface area contributed by atoms with E-state index in [0.29, 0.717) is 16.9 Å². The zero-order valence-electron chi connectivity index (χ0n) is 14.6. The molecule has 2 aromatic carbocycles. The SMILES string of the molecule is Cc1ccc(S(=O)(=O)n2ccc3nc(/C=C/c4ccccc4)cnc32)cc1. The molecular formula is C21H17N3O2S. The molecule has 4 aromatic rings. The van der Waals surface area contributed by atoms with Gasteiger partial charge in [-0.1, -0.05) is 54.1 Å². The Kier molecular flexibility index (Phi) is 4.33. The maximum absolute atomic E-state index is 12.9.